The van der Waals surface area contributed by atoms with Crippen molar-refractivity contribution < 1.29 is 38.1 Å². The lowest BCUT2D eigenvalue weighted by Crippen LogP contribution is -2.48. The van der Waals surface area contributed by atoms with Crippen LogP contribution in [0.3, 0.4) is 0 Å². The highest BCUT2D eigenvalue weighted by Crippen LogP contribution is 2.15. The summed E-state index contributed by atoms with van der Waals surface area (Å²) in [7, 11) is 0. The summed E-state index contributed by atoms with van der Waals surface area (Å²) in [6.45, 7) is 3.95. The second-order valence-electron chi connectivity index (χ2n) is 6.92. The molecule has 0 saturated heterocycles. The number of hydrogen-bond acceptors (Lipinski definition) is 12. The second-order valence-corrected chi connectivity index (χ2v) is 6.92. The molecule has 0 aliphatic rings. The Morgan fingerprint density at radius 1 is 1.00 bits per heavy atom. The highest BCUT2D eigenvalue weighted by Gasteiger charge is 2.37. The van der Waals surface area contributed by atoms with Gasteiger partial charge in [-0.2, -0.15) is 5.10 Å². The molecule has 0 radical (unpaired) electrons. The molecule has 2 rings (SSSR count). The van der Waals surface area contributed by atoms with Crippen LogP contribution in [0, 0.1) is 0 Å². The molecule has 0 saturated carbocycles. The number of hydrazone groups is 1. The number of aromatic nitrogens is 2. The van der Waals surface area contributed by atoms with E-state index in [-0.39, 0.29) is 5.95 Å². The highest BCUT2D eigenvalue weighted by molar-refractivity contribution is 5.78. The molecule has 1 heterocycles. The van der Waals surface area contributed by atoms with E-state index in [0.29, 0.717) is 10.9 Å². The number of benzene rings is 1. The van der Waals surface area contributed by atoms with Gasteiger partial charge in [0, 0.05) is 27.7 Å². The molecule has 182 valence electrons. The van der Waals surface area contributed by atoms with Crippen LogP contribution < -0.4 is 11.0 Å². The highest BCUT2D eigenvalue weighted by atomic mass is 16.6. The van der Waals surface area contributed by atoms with Crippen molar-refractivity contribution >= 4 is 46.9 Å². The van der Waals surface area contributed by atoms with Crippen LogP contribution in [-0.2, 0) is 38.1 Å². The van der Waals surface area contributed by atoms with Crippen molar-refractivity contribution in [1.82, 2.24) is 9.97 Å². The number of para-hydroxylation sites is 1. The minimum absolute atomic E-state index is 0.0120. The molecule has 0 spiro atoms. The Labute approximate surface area is 193 Å². The number of H-pyrrole nitrogens is 1. The molecule has 13 nitrogen and oxygen atoms in total. The lowest BCUT2D eigenvalue weighted by molar-refractivity contribution is -0.183. The van der Waals surface area contributed by atoms with Gasteiger partial charge < -0.3 is 18.9 Å². The molecule has 0 aliphatic carbocycles. The maximum atomic E-state index is 12.2. The predicted octanol–water partition coefficient (Wildman–Crippen LogP) is 0.679. The third kappa shape index (κ3) is 8.00. The first-order chi connectivity index (χ1) is 16.1. The van der Waals surface area contributed by atoms with Gasteiger partial charge in [0.15, 0.2) is 18.3 Å². The number of nitrogens with one attached hydrogen (secondary N) is 2. The van der Waals surface area contributed by atoms with Crippen LogP contribution in [0.5, 0.6) is 0 Å². The summed E-state index contributed by atoms with van der Waals surface area (Å²) in [5, 5.41) is 4.28. The molecule has 0 amide bonds. The number of anilines is 1. The van der Waals surface area contributed by atoms with Gasteiger partial charge in [0.2, 0.25) is 5.95 Å². The van der Waals surface area contributed by atoms with Crippen LogP contribution in [0.4, 0.5) is 5.95 Å². The molecule has 1 aromatic heterocycles. The van der Waals surface area contributed by atoms with E-state index in [1.54, 1.807) is 24.3 Å². The van der Waals surface area contributed by atoms with Gasteiger partial charge in [-0.15, -0.1) is 0 Å². The molecule has 34 heavy (non-hydrogen) atoms. The van der Waals surface area contributed by atoms with E-state index >= 15 is 0 Å². The molecule has 0 fully saturated rings. The first-order valence-electron chi connectivity index (χ1n) is 10.00. The molecule has 13 heteroatoms. The van der Waals surface area contributed by atoms with Gasteiger partial charge in [-0.25, -0.2) is 10.4 Å². The Morgan fingerprint density at radius 2 is 1.65 bits per heavy atom. The van der Waals surface area contributed by atoms with Gasteiger partial charge in [0.25, 0.3) is 5.56 Å². The zero-order chi connectivity index (χ0) is 25.3. The van der Waals surface area contributed by atoms with E-state index in [4.69, 9.17) is 18.9 Å². The Kier molecular flexibility index (Phi) is 9.23. The van der Waals surface area contributed by atoms with E-state index < -0.39 is 54.4 Å². The average molecular weight is 476 g/mol. The molecule has 3 atom stereocenters. The van der Waals surface area contributed by atoms with Gasteiger partial charge in [0.1, 0.15) is 6.61 Å². The van der Waals surface area contributed by atoms with E-state index in [2.05, 4.69) is 20.5 Å². The first-order valence-corrected chi connectivity index (χ1v) is 10.00. The Bertz CT molecular complexity index is 1140. The average Bonchev–Trinajstić information content (AvgIpc) is 2.74. The Balaban J connectivity index is 2.34. The fourth-order valence-corrected chi connectivity index (χ4v) is 2.84. The van der Waals surface area contributed by atoms with Crippen molar-refractivity contribution in [3.05, 3.63) is 34.6 Å². The second kappa shape index (κ2) is 12.1. The third-order valence-corrected chi connectivity index (χ3v) is 4.07. The molecular weight excluding hydrogens is 452 g/mol. The number of hydrogen-bond donors (Lipinski definition) is 2. The maximum Gasteiger partial charge on any atom is 0.303 e. The number of esters is 4. The van der Waals surface area contributed by atoms with Gasteiger partial charge in [-0.3, -0.25) is 29.0 Å². The molecule has 0 aliphatic heterocycles. The zero-order valence-electron chi connectivity index (χ0n) is 18.9. The number of carbonyl (C=O) groups excluding carboxylic acids is 4. The van der Waals surface area contributed by atoms with Crippen molar-refractivity contribution in [2.45, 2.75) is 46.0 Å². The zero-order valence-corrected chi connectivity index (χ0v) is 18.9. The van der Waals surface area contributed by atoms with Crippen LogP contribution in [-0.4, -0.2) is 65.0 Å². The van der Waals surface area contributed by atoms with Crippen molar-refractivity contribution in [2.75, 3.05) is 12.0 Å². The van der Waals surface area contributed by atoms with E-state index in [1.165, 1.54) is 0 Å². The quantitative estimate of drug-likeness (QED) is 0.213. The van der Waals surface area contributed by atoms with Gasteiger partial charge in [0.05, 0.1) is 17.1 Å². The van der Waals surface area contributed by atoms with Gasteiger partial charge in [-0.1, -0.05) is 12.1 Å². The van der Waals surface area contributed by atoms with E-state index in [1.807, 2.05) is 0 Å². The topological polar surface area (TPSA) is 175 Å². The summed E-state index contributed by atoms with van der Waals surface area (Å²) in [6, 6.07) is 6.64. The number of aromatic amines is 1. The smallest absolute Gasteiger partial charge is 0.303 e. The Morgan fingerprint density at radius 3 is 2.26 bits per heavy atom. The summed E-state index contributed by atoms with van der Waals surface area (Å²) >= 11 is 0. The Hall–Kier alpha value is -4.29. The molecule has 0 unspecified atom stereocenters. The number of carbonyl (C=O) groups is 4. The van der Waals surface area contributed by atoms with Crippen molar-refractivity contribution in [1.29, 1.82) is 0 Å². The van der Waals surface area contributed by atoms with Crippen LogP contribution >= 0.6 is 0 Å². The number of nitrogens with zero attached hydrogens (tertiary/aromatic N) is 2. The fraction of sp³-hybridized carbons (Fsp3) is 0.381. The number of fused-ring (bicyclic) bond motifs is 1. The molecule has 0 bridgehead atoms. The lowest BCUT2D eigenvalue weighted by Gasteiger charge is -2.29. The van der Waals surface area contributed by atoms with Gasteiger partial charge >= 0.3 is 23.9 Å². The maximum absolute atomic E-state index is 12.2. The monoisotopic (exact) mass is 476 g/mol. The molecule has 2 aromatic rings. The van der Waals surface area contributed by atoms with Gasteiger partial charge in [-0.05, 0) is 12.1 Å². The first kappa shape index (κ1) is 26.0. The molecular formula is C21H24N4O9. The van der Waals surface area contributed by atoms with E-state index in [9.17, 15) is 24.0 Å². The van der Waals surface area contributed by atoms with Crippen LogP contribution in [0.25, 0.3) is 10.9 Å². The van der Waals surface area contributed by atoms with E-state index in [0.717, 1.165) is 33.9 Å². The number of rotatable bonds is 10. The summed E-state index contributed by atoms with van der Waals surface area (Å²) in [5.74, 6) is -3.00. The lowest BCUT2D eigenvalue weighted by atomic mass is 10.1. The minimum Gasteiger partial charge on any atom is -0.462 e. The van der Waals surface area contributed by atoms with Crippen molar-refractivity contribution in [3.8, 4) is 0 Å². The van der Waals surface area contributed by atoms with Crippen molar-refractivity contribution in [2.24, 2.45) is 5.10 Å². The predicted molar refractivity (Wildman–Crippen MR) is 118 cm³/mol. The SMILES string of the molecule is CC(=O)OC[C@@H](OC(C)=O)[C@H](OC(C)=O)[C@@H](/C=N\Nc1nc2ccccc2c(=O)[nH]1)OC(C)=O. The fourth-order valence-electron chi connectivity index (χ4n) is 2.84. The normalized spacial score (nSPS) is 13.5. The summed E-state index contributed by atoms with van der Waals surface area (Å²) in [4.78, 5) is 65.1. The number of ether oxygens (including phenoxy) is 4. The summed E-state index contributed by atoms with van der Waals surface area (Å²) in [5.41, 5.74) is 2.50. The van der Waals surface area contributed by atoms with Crippen LogP contribution in [0.15, 0.2) is 34.2 Å². The van der Waals surface area contributed by atoms with Crippen LogP contribution in [0.1, 0.15) is 27.7 Å². The third-order valence-electron chi connectivity index (χ3n) is 4.07. The van der Waals surface area contributed by atoms with Crippen LogP contribution in [0.2, 0.25) is 0 Å². The summed E-state index contributed by atoms with van der Waals surface area (Å²) in [6.07, 6.45) is -3.06. The summed E-state index contributed by atoms with van der Waals surface area (Å²) < 4.78 is 20.4. The molecule has 2 N–H and O–H groups in total. The van der Waals surface area contributed by atoms with Crippen molar-refractivity contribution in [3.63, 3.8) is 0 Å². The molecule has 1 aromatic carbocycles. The minimum atomic E-state index is -1.42. The standard InChI is InChI=1S/C21H24N4O9/c1-11(26)31-10-18(33-13(3)28)19(34-14(4)29)17(32-12(2)27)9-22-25-21-23-16-8-6-5-7-15(16)20(30)24-21/h5-9,17-19H,10H2,1-4H3,(H2,23,24,25,30)/b22-9-/t17-,18-,19-/m1/s1. The largest absolute Gasteiger partial charge is 0.462 e.